The average Bonchev–Trinajstić information content (AvgIpc) is 2.65. The van der Waals surface area contributed by atoms with E-state index in [4.69, 9.17) is 0 Å². The minimum absolute atomic E-state index is 1.07. The van der Waals surface area contributed by atoms with Gasteiger partial charge in [-0.15, -0.1) is 0 Å². The highest BCUT2D eigenvalue weighted by molar-refractivity contribution is 6.29. The van der Waals surface area contributed by atoms with Crippen molar-refractivity contribution in [3.05, 3.63) is 42.9 Å². The van der Waals surface area contributed by atoms with Crippen LogP contribution in [0.4, 0.5) is 0 Å². The Bertz CT molecular complexity index is 290. The van der Waals surface area contributed by atoms with Gasteiger partial charge in [-0.1, -0.05) is 19.1 Å². The molecule has 0 amide bonds. The van der Waals surface area contributed by atoms with Crippen LogP contribution in [0.3, 0.4) is 0 Å². The first-order valence-electron chi connectivity index (χ1n) is 4.72. The number of rotatable bonds is 5. The first-order chi connectivity index (χ1) is 6.83. The van der Waals surface area contributed by atoms with Crippen LogP contribution in [-0.4, -0.2) is 29.1 Å². The number of nitrogens with zero attached hydrogens (tertiary/aromatic N) is 3. The molecule has 0 saturated carbocycles. The number of hydrogen-bond acceptors (Lipinski definition) is 2. The molecule has 0 saturated heterocycles. The van der Waals surface area contributed by atoms with Crippen molar-refractivity contribution in [1.29, 1.82) is 0 Å². The molecule has 0 fully saturated rings. The van der Waals surface area contributed by atoms with Gasteiger partial charge in [-0.3, -0.25) is 4.59 Å². The Kier molecular flexibility index (Phi) is 4.62. The molecule has 0 unspecified atom stereocenters. The Balaban J connectivity index is 2.32. The van der Waals surface area contributed by atoms with Gasteiger partial charge in [0.05, 0.1) is 0 Å². The van der Waals surface area contributed by atoms with Crippen molar-refractivity contribution in [3.8, 4) is 0 Å². The van der Waals surface area contributed by atoms with Crippen molar-refractivity contribution in [3.63, 3.8) is 0 Å². The van der Waals surface area contributed by atoms with E-state index in [1.165, 1.54) is 0 Å². The van der Waals surface area contributed by atoms with Gasteiger partial charge in [0.25, 0.3) is 0 Å². The summed E-state index contributed by atoms with van der Waals surface area (Å²) in [5.74, 6) is 0. The molecule has 4 heteroatoms. The van der Waals surface area contributed by atoms with Crippen LogP contribution in [0.5, 0.6) is 0 Å². The largest absolute Gasteiger partial charge is 0.414 e. The lowest BCUT2D eigenvalue weighted by atomic mass is 10.1. The van der Waals surface area contributed by atoms with E-state index in [2.05, 4.69) is 18.1 Å². The van der Waals surface area contributed by atoms with Crippen LogP contribution in [0.2, 0.25) is 0 Å². The molecule has 1 aromatic heterocycles. The molecule has 14 heavy (non-hydrogen) atoms. The van der Waals surface area contributed by atoms with Crippen LogP contribution in [0, 0.1) is 0 Å². The SMILES string of the molecule is CC/C=C\C=C/N(C)[B]n1cccn1. The molecule has 0 aromatic carbocycles. The maximum Gasteiger partial charge on any atom is 0.414 e. The van der Waals surface area contributed by atoms with Gasteiger partial charge in [-0.2, -0.15) is 5.10 Å². The van der Waals surface area contributed by atoms with Crippen LogP contribution < -0.4 is 0 Å². The minimum Gasteiger partial charge on any atom is -0.406 e. The summed E-state index contributed by atoms with van der Waals surface area (Å²) in [5, 5.41) is 4.07. The molecule has 0 spiro atoms. The summed E-state index contributed by atoms with van der Waals surface area (Å²) >= 11 is 0. The van der Waals surface area contributed by atoms with Gasteiger partial charge in [0.1, 0.15) is 0 Å². The molecule has 0 aliphatic rings. The lowest BCUT2D eigenvalue weighted by molar-refractivity contribution is 0.697. The molecular formula is C10H15BN3. The highest BCUT2D eigenvalue weighted by Gasteiger charge is 1.97. The molecule has 1 aromatic rings. The zero-order valence-electron chi connectivity index (χ0n) is 8.67. The Hall–Kier alpha value is -1.45. The highest BCUT2D eigenvalue weighted by Crippen LogP contribution is 1.87. The molecule has 3 nitrogen and oxygen atoms in total. The van der Waals surface area contributed by atoms with Crippen LogP contribution >= 0.6 is 0 Å². The van der Waals surface area contributed by atoms with Crippen LogP contribution in [0.15, 0.2) is 42.9 Å². The second-order valence-corrected chi connectivity index (χ2v) is 2.94. The Labute approximate surface area is 86.0 Å². The van der Waals surface area contributed by atoms with E-state index < -0.39 is 0 Å². The number of allylic oxidation sites excluding steroid dienone is 3. The fourth-order valence-corrected chi connectivity index (χ4v) is 0.974. The third-order valence-electron chi connectivity index (χ3n) is 1.63. The van der Waals surface area contributed by atoms with Crippen molar-refractivity contribution < 1.29 is 0 Å². The summed E-state index contributed by atoms with van der Waals surface area (Å²) in [6, 6.07) is 1.89. The zero-order chi connectivity index (χ0) is 10.2. The normalized spacial score (nSPS) is 11.3. The molecule has 0 aliphatic heterocycles. The fraction of sp³-hybridized carbons (Fsp3) is 0.300. The maximum absolute atomic E-state index is 4.07. The van der Waals surface area contributed by atoms with Gasteiger partial charge >= 0.3 is 7.55 Å². The van der Waals surface area contributed by atoms with E-state index >= 15 is 0 Å². The van der Waals surface area contributed by atoms with E-state index in [0.29, 0.717) is 0 Å². The monoisotopic (exact) mass is 188 g/mol. The van der Waals surface area contributed by atoms with Gasteiger partial charge < -0.3 is 4.81 Å². The van der Waals surface area contributed by atoms with Crippen LogP contribution in [0.25, 0.3) is 0 Å². The lowest BCUT2D eigenvalue weighted by Crippen LogP contribution is -2.24. The van der Waals surface area contributed by atoms with Crippen molar-refractivity contribution in [2.75, 3.05) is 7.05 Å². The van der Waals surface area contributed by atoms with Gasteiger partial charge in [0.15, 0.2) is 0 Å². The molecule has 0 aliphatic carbocycles. The third kappa shape index (κ3) is 3.98. The van der Waals surface area contributed by atoms with Crippen molar-refractivity contribution in [2.45, 2.75) is 13.3 Å². The summed E-state index contributed by atoms with van der Waals surface area (Å²) in [7, 11) is 3.87. The molecular weight excluding hydrogens is 173 g/mol. The van der Waals surface area contributed by atoms with E-state index in [0.717, 1.165) is 6.42 Å². The van der Waals surface area contributed by atoms with E-state index in [-0.39, 0.29) is 0 Å². The van der Waals surface area contributed by atoms with Gasteiger partial charge in [0, 0.05) is 12.4 Å². The molecule has 73 valence electrons. The van der Waals surface area contributed by atoms with Gasteiger partial charge in [-0.25, -0.2) is 0 Å². The molecule has 1 heterocycles. The Morgan fingerprint density at radius 1 is 1.50 bits per heavy atom. The van der Waals surface area contributed by atoms with Gasteiger partial charge in [-0.05, 0) is 31.8 Å². The summed E-state index contributed by atoms with van der Waals surface area (Å²) < 4.78 is 1.76. The van der Waals surface area contributed by atoms with E-state index in [1.807, 2.05) is 50.0 Å². The molecule has 0 bridgehead atoms. The summed E-state index contributed by atoms with van der Waals surface area (Å²) in [4.78, 5) is 1.95. The standard InChI is InChI=1S/C10H15BN3/c1-3-4-5-6-9-13(2)11-14-10-7-8-12-14/h4-10H,3H2,1-2H3/b5-4-,9-6-. The first kappa shape index (κ1) is 10.6. The summed E-state index contributed by atoms with van der Waals surface area (Å²) in [6.07, 6.45) is 12.8. The lowest BCUT2D eigenvalue weighted by Gasteiger charge is -2.10. The van der Waals surface area contributed by atoms with Crippen molar-refractivity contribution >= 4 is 7.55 Å². The summed E-state index contributed by atoms with van der Waals surface area (Å²) in [6.45, 7) is 2.12. The smallest absolute Gasteiger partial charge is 0.406 e. The molecule has 1 radical (unpaired) electrons. The first-order valence-corrected chi connectivity index (χ1v) is 4.72. The second-order valence-electron chi connectivity index (χ2n) is 2.94. The van der Waals surface area contributed by atoms with Crippen LogP contribution in [0.1, 0.15) is 13.3 Å². The third-order valence-corrected chi connectivity index (χ3v) is 1.63. The van der Waals surface area contributed by atoms with Gasteiger partial charge in [0.2, 0.25) is 0 Å². The molecule has 0 N–H and O–H groups in total. The average molecular weight is 188 g/mol. The van der Waals surface area contributed by atoms with Crippen molar-refractivity contribution in [1.82, 2.24) is 14.5 Å². The summed E-state index contributed by atoms with van der Waals surface area (Å²) in [5.41, 5.74) is 0. The quantitative estimate of drug-likeness (QED) is 0.517. The minimum atomic E-state index is 1.07. The zero-order valence-corrected chi connectivity index (χ0v) is 8.67. The number of aromatic nitrogens is 2. The Morgan fingerprint density at radius 2 is 2.36 bits per heavy atom. The topological polar surface area (TPSA) is 21.1 Å². The van der Waals surface area contributed by atoms with E-state index in [1.54, 1.807) is 10.8 Å². The fourth-order valence-electron chi connectivity index (χ4n) is 0.974. The van der Waals surface area contributed by atoms with Crippen LogP contribution in [-0.2, 0) is 0 Å². The Morgan fingerprint density at radius 3 is 3.00 bits per heavy atom. The highest BCUT2D eigenvalue weighted by atomic mass is 15.3. The second kappa shape index (κ2) is 6.08. The number of hydrogen-bond donors (Lipinski definition) is 0. The van der Waals surface area contributed by atoms with E-state index in [9.17, 15) is 0 Å². The predicted octanol–water partition coefficient (Wildman–Crippen LogP) is 1.68. The van der Waals surface area contributed by atoms with Crippen molar-refractivity contribution in [2.24, 2.45) is 0 Å². The predicted molar refractivity (Wildman–Crippen MR) is 59.7 cm³/mol. The maximum atomic E-state index is 4.07. The molecule has 1 rings (SSSR count). The molecule has 0 atom stereocenters.